The lowest BCUT2D eigenvalue weighted by Gasteiger charge is -2.38. The van der Waals surface area contributed by atoms with Gasteiger partial charge in [0.15, 0.2) is 0 Å². The van der Waals surface area contributed by atoms with Crippen molar-refractivity contribution in [3.63, 3.8) is 0 Å². The van der Waals surface area contributed by atoms with E-state index in [0.29, 0.717) is 5.41 Å². The third-order valence-electron chi connectivity index (χ3n) is 3.71. The highest BCUT2D eigenvalue weighted by atomic mass is 15.1. The van der Waals surface area contributed by atoms with Crippen molar-refractivity contribution in [2.75, 3.05) is 19.6 Å². The second-order valence-corrected chi connectivity index (χ2v) is 5.15. The maximum Gasteiger partial charge on any atom is 0.0271 e. The minimum absolute atomic E-state index is 0.370. The van der Waals surface area contributed by atoms with Crippen molar-refractivity contribution in [2.45, 2.75) is 26.3 Å². The lowest BCUT2D eigenvalue weighted by Crippen LogP contribution is -2.41. The number of rotatable bonds is 3. The molecule has 0 radical (unpaired) electrons. The van der Waals surface area contributed by atoms with Crippen LogP contribution >= 0.6 is 0 Å². The van der Waals surface area contributed by atoms with Gasteiger partial charge in [0.1, 0.15) is 0 Å². The molecule has 2 heterocycles. The van der Waals surface area contributed by atoms with Gasteiger partial charge in [-0.05, 0) is 55.6 Å². The fourth-order valence-corrected chi connectivity index (χ4v) is 2.20. The molecule has 0 spiro atoms. The van der Waals surface area contributed by atoms with E-state index in [9.17, 15) is 0 Å². The predicted octanol–water partition coefficient (Wildman–Crippen LogP) is 1.64. The van der Waals surface area contributed by atoms with Crippen LogP contribution < -0.4 is 5.73 Å². The zero-order valence-electron chi connectivity index (χ0n) is 10.0. The third-order valence-corrected chi connectivity index (χ3v) is 3.71. The van der Waals surface area contributed by atoms with Gasteiger partial charge in [-0.2, -0.15) is 0 Å². The van der Waals surface area contributed by atoms with E-state index in [4.69, 9.17) is 5.73 Å². The summed E-state index contributed by atoms with van der Waals surface area (Å²) in [5.74, 6) is 0. The van der Waals surface area contributed by atoms with E-state index in [1.165, 1.54) is 18.4 Å². The molecule has 0 amide bonds. The first-order valence-electron chi connectivity index (χ1n) is 6.03. The SMILES string of the molecule is CC1(CN)CCN(Cc2ccncc2)CC1. The molecule has 1 aromatic rings. The minimum Gasteiger partial charge on any atom is -0.330 e. The van der Waals surface area contributed by atoms with E-state index in [1.54, 1.807) is 0 Å². The van der Waals surface area contributed by atoms with E-state index in [0.717, 1.165) is 26.2 Å². The van der Waals surface area contributed by atoms with Gasteiger partial charge in [0, 0.05) is 18.9 Å². The van der Waals surface area contributed by atoms with Crippen LogP contribution in [0.3, 0.4) is 0 Å². The van der Waals surface area contributed by atoms with Crippen LogP contribution in [0.1, 0.15) is 25.3 Å². The summed E-state index contributed by atoms with van der Waals surface area (Å²) in [6.45, 7) is 6.49. The van der Waals surface area contributed by atoms with Gasteiger partial charge in [-0.25, -0.2) is 0 Å². The second-order valence-electron chi connectivity index (χ2n) is 5.15. The normalized spacial score (nSPS) is 20.9. The molecule has 0 saturated carbocycles. The van der Waals surface area contributed by atoms with Crippen LogP contribution in [0.15, 0.2) is 24.5 Å². The number of nitrogens with two attached hydrogens (primary N) is 1. The van der Waals surface area contributed by atoms with Crippen LogP contribution in [-0.4, -0.2) is 29.5 Å². The van der Waals surface area contributed by atoms with Gasteiger partial charge < -0.3 is 5.73 Å². The number of likely N-dealkylation sites (tertiary alicyclic amines) is 1. The Balaban J connectivity index is 1.86. The molecule has 88 valence electrons. The number of piperidine rings is 1. The molecule has 3 nitrogen and oxygen atoms in total. The highest BCUT2D eigenvalue weighted by molar-refractivity contribution is 5.09. The molecule has 0 bridgehead atoms. The zero-order valence-corrected chi connectivity index (χ0v) is 10.0. The molecular formula is C13H21N3. The molecule has 1 fully saturated rings. The summed E-state index contributed by atoms with van der Waals surface area (Å²) >= 11 is 0. The lowest BCUT2D eigenvalue weighted by molar-refractivity contribution is 0.119. The number of hydrogen-bond acceptors (Lipinski definition) is 3. The molecule has 16 heavy (non-hydrogen) atoms. The summed E-state index contributed by atoms with van der Waals surface area (Å²) in [4.78, 5) is 6.55. The smallest absolute Gasteiger partial charge is 0.0271 e. The van der Waals surface area contributed by atoms with E-state index in [1.807, 2.05) is 12.4 Å². The maximum atomic E-state index is 5.81. The molecule has 0 atom stereocenters. The lowest BCUT2D eigenvalue weighted by atomic mass is 9.80. The van der Waals surface area contributed by atoms with Crippen molar-refractivity contribution < 1.29 is 0 Å². The molecule has 1 aromatic heterocycles. The van der Waals surface area contributed by atoms with Crippen molar-refractivity contribution in [2.24, 2.45) is 11.1 Å². The summed E-state index contributed by atoms with van der Waals surface area (Å²) in [5, 5.41) is 0. The topological polar surface area (TPSA) is 42.1 Å². The fourth-order valence-electron chi connectivity index (χ4n) is 2.20. The Morgan fingerprint density at radius 2 is 1.94 bits per heavy atom. The van der Waals surface area contributed by atoms with Crippen molar-refractivity contribution in [3.05, 3.63) is 30.1 Å². The summed E-state index contributed by atoms with van der Waals surface area (Å²) in [6, 6.07) is 4.19. The quantitative estimate of drug-likeness (QED) is 0.840. The number of pyridine rings is 1. The Labute approximate surface area is 97.7 Å². The first-order chi connectivity index (χ1) is 7.72. The van der Waals surface area contributed by atoms with Crippen molar-refractivity contribution in [1.82, 2.24) is 9.88 Å². The Kier molecular flexibility index (Phi) is 3.56. The molecule has 1 aliphatic heterocycles. The predicted molar refractivity (Wildman–Crippen MR) is 65.9 cm³/mol. The van der Waals surface area contributed by atoms with E-state index in [-0.39, 0.29) is 0 Å². The number of hydrogen-bond donors (Lipinski definition) is 1. The van der Waals surface area contributed by atoms with Gasteiger partial charge in [0.2, 0.25) is 0 Å². The third kappa shape index (κ3) is 2.80. The van der Waals surface area contributed by atoms with Crippen molar-refractivity contribution >= 4 is 0 Å². The molecule has 2 N–H and O–H groups in total. The van der Waals surface area contributed by atoms with Crippen LogP contribution in [0.4, 0.5) is 0 Å². The standard InChI is InChI=1S/C13H21N3/c1-13(11-14)4-8-16(9-5-13)10-12-2-6-15-7-3-12/h2-3,6-7H,4-5,8-11,14H2,1H3. The summed E-state index contributed by atoms with van der Waals surface area (Å²) in [5.41, 5.74) is 7.53. The Bertz CT molecular complexity index is 315. The van der Waals surface area contributed by atoms with E-state index >= 15 is 0 Å². The molecule has 1 aliphatic rings. The van der Waals surface area contributed by atoms with E-state index in [2.05, 4.69) is 28.9 Å². The molecular weight excluding hydrogens is 198 g/mol. The summed E-state index contributed by atoms with van der Waals surface area (Å²) in [7, 11) is 0. The average Bonchev–Trinajstić information content (AvgIpc) is 2.34. The number of aromatic nitrogens is 1. The van der Waals surface area contributed by atoms with Gasteiger partial charge in [-0.3, -0.25) is 9.88 Å². The van der Waals surface area contributed by atoms with Gasteiger partial charge in [-0.1, -0.05) is 6.92 Å². The first-order valence-corrected chi connectivity index (χ1v) is 6.03. The number of nitrogens with zero attached hydrogens (tertiary/aromatic N) is 2. The van der Waals surface area contributed by atoms with Crippen LogP contribution in [0.5, 0.6) is 0 Å². The monoisotopic (exact) mass is 219 g/mol. The van der Waals surface area contributed by atoms with Gasteiger partial charge >= 0.3 is 0 Å². The summed E-state index contributed by atoms with van der Waals surface area (Å²) in [6.07, 6.45) is 6.16. The zero-order chi connectivity index (χ0) is 11.4. The van der Waals surface area contributed by atoms with Crippen molar-refractivity contribution in [3.8, 4) is 0 Å². The summed E-state index contributed by atoms with van der Waals surface area (Å²) < 4.78 is 0. The van der Waals surface area contributed by atoms with Gasteiger partial charge in [-0.15, -0.1) is 0 Å². The maximum absolute atomic E-state index is 5.81. The van der Waals surface area contributed by atoms with Gasteiger partial charge in [0.25, 0.3) is 0 Å². The Hall–Kier alpha value is -0.930. The molecule has 1 saturated heterocycles. The minimum atomic E-state index is 0.370. The van der Waals surface area contributed by atoms with Crippen LogP contribution in [0, 0.1) is 5.41 Å². The average molecular weight is 219 g/mol. The Morgan fingerprint density at radius 1 is 1.31 bits per heavy atom. The van der Waals surface area contributed by atoms with Crippen LogP contribution in [0.25, 0.3) is 0 Å². The second kappa shape index (κ2) is 4.93. The van der Waals surface area contributed by atoms with Crippen LogP contribution in [-0.2, 0) is 6.54 Å². The molecule has 3 heteroatoms. The van der Waals surface area contributed by atoms with Crippen molar-refractivity contribution in [1.29, 1.82) is 0 Å². The largest absolute Gasteiger partial charge is 0.330 e. The first kappa shape index (κ1) is 11.6. The highest BCUT2D eigenvalue weighted by Crippen LogP contribution is 2.29. The molecule has 0 aromatic carbocycles. The molecule has 2 rings (SSSR count). The molecule has 0 aliphatic carbocycles. The van der Waals surface area contributed by atoms with Crippen LogP contribution in [0.2, 0.25) is 0 Å². The Morgan fingerprint density at radius 3 is 2.50 bits per heavy atom. The fraction of sp³-hybridized carbons (Fsp3) is 0.615. The highest BCUT2D eigenvalue weighted by Gasteiger charge is 2.28. The van der Waals surface area contributed by atoms with Gasteiger partial charge in [0.05, 0.1) is 0 Å². The van der Waals surface area contributed by atoms with E-state index < -0.39 is 0 Å². The molecule has 0 unspecified atom stereocenters.